The first-order valence-corrected chi connectivity index (χ1v) is 8.59. The lowest BCUT2D eigenvalue weighted by atomic mass is 10.3. The summed E-state index contributed by atoms with van der Waals surface area (Å²) in [6, 6.07) is -0.363. The maximum atomic E-state index is 11.5. The molecular weight excluding hydrogens is 266 g/mol. The van der Waals surface area contributed by atoms with Crippen LogP contribution in [0, 0.1) is 0 Å². The summed E-state index contributed by atoms with van der Waals surface area (Å²) in [5, 5.41) is 0. The highest BCUT2D eigenvalue weighted by atomic mass is 28.4. The van der Waals surface area contributed by atoms with Crippen molar-refractivity contribution in [2.45, 2.75) is 33.7 Å². The van der Waals surface area contributed by atoms with Gasteiger partial charge >= 0.3 is 14.8 Å². The standard InChI is InChI=1S/C12H27NO5Si/c1-7-16-19(17-8-2,18-9-3)10-13(5)11(4)12(14)15-6/h11H,7-10H2,1-6H3. The summed E-state index contributed by atoms with van der Waals surface area (Å²) in [6.45, 7) is 9.07. The number of likely N-dealkylation sites (N-methyl/N-ethyl adjacent to an activating group) is 1. The Hall–Kier alpha value is -0.473. The fourth-order valence-corrected chi connectivity index (χ4v) is 4.44. The van der Waals surface area contributed by atoms with Gasteiger partial charge in [0.1, 0.15) is 6.04 Å². The molecule has 0 aromatic heterocycles. The van der Waals surface area contributed by atoms with Gasteiger partial charge in [-0.3, -0.25) is 9.69 Å². The monoisotopic (exact) mass is 293 g/mol. The normalized spacial score (nSPS) is 13.6. The molecule has 7 heteroatoms. The molecule has 1 unspecified atom stereocenters. The number of carbonyl (C=O) groups is 1. The van der Waals surface area contributed by atoms with Gasteiger partial charge in [-0.2, -0.15) is 0 Å². The number of esters is 1. The van der Waals surface area contributed by atoms with E-state index >= 15 is 0 Å². The third kappa shape index (κ3) is 6.00. The van der Waals surface area contributed by atoms with Crippen molar-refractivity contribution in [3.05, 3.63) is 0 Å². The minimum Gasteiger partial charge on any atom is -0.468 e. The predicted molar refractivity (Wildman–Crippen MR) is 74.7 cm³/mol. The van der Waals surface area contributed by atoms with Crippen LogP contribution in [0.4, 0.5) is 0 Å². The van der Waals surface area contributed by atoms with Crippen LogP contribution in [0.1, 0.15) is 27.7 Å². The van der Waals surface area contributed by atoms with Crippen LogP contribution >= 0.6 is 0 Å². The van der Waals surface area contributed by atoms with E-state index in [1.54, 1.807) is 6.92 Å². The minimum absolute atomic E-state index is 0.283. The maximum absolute atomic E-state index is 11.5. The molecule has 0 aromatic carbocycles. The number of hydrogen-bond donors (Lipinski definition) is 0. The Morgan fingerprint density at radius 1 is 1.11 bits per heavy atom. The van der Waals surface area contributed by atoms with Crippen LogP contribution in [-0.4, -0.2) is 65.9 Å². The molecule has 0 N–H and O–H groups in total. The van der Waals surface area contributed by atoms with Gasteiger partial charge in [0.05, 0.1) is 13.3 Å². The molecule has 0 saturated carbocycles. The quantitative estimate of drug-likeness (QED) is 0.443. The summed E-state index contributed by atoms with van der Waals surface area (Å²) in [6.07, 6.45) is 0.457. The molecule has 0 aliphatic carbocycles. The average molecular weight is 293 g/mol. The van der Waals surface area contributed by atoms with Crippen molar-refractivity contribution >= 4 is 14.8 Å². The Morgan fingerprint density at radius 3 is 1.84 bits per heavy atom. The zero-order chi connectivity index (χ0) is 14.9. The van der Waals surface area contributed by atoms with E-state index in [1.807, 2.05) is 32.7 Å². The van der Waals surface area contributed by atoms with Crippen molar-refractivity contribution in [3.63, 3.8) is 0 Å². The number of hydrogen-bond acceptors (Lipinski definition) is 6. The number of methoxy groups -OCH3 is 1. The summed E-state index contributed by atoms with van der Waals surface area (Å²) in [4.78, 5) is 13.4. The lowest BCUT2D eigenvalue weighted by Crippen LogP contribution is -2.57. The van der Waals surface area contributed by atoms with E-state index in [1.165, 1.54) is 7.11 Å². The van der Waals surface area contributed by atoms with Crippen LogP contribution in [0.3, 0.4) is 0 Å². The van der Waals surface area contributed by atoms with E-state index in [2.05, 4.69) is 0 Å². The lowest BCUT2D eigenvalue weighted by Gasteiger charge is -2.33. The smallest absolute Gasteiger partial charge is 0.468 e. The number of carbonyl (C=O) groups excluding carboxylic acids is 1. The summed E-state index contributed by atoms with van der Waals surface area (Å²) < 4.78 is 22.0. The lowest BCUT2D eigenvalue weighted by molar-refractivity contribution is -0.145. The van der Waals surface area contributed by atoms with Gasteiger partial charge in [-0.1, -0.05) is 0 Å². The number of ether oxygens (including phenoxy) is 1. The highest BCUT2D eigenvalue weighted by molar-refractivity contribution is 6.60. The first kappa shape index (κ1) is 18.5. The summed E-state index contributed by atoms with van der Waals surface area (Å²) >= 11 is 0. The van der Waals surface area contributed by atoms with E-state index in [0.29, 0.717) is 26.0 Å². The Balaban J connectivity index is 4.81. The second kappa shape index (κ2) is 9.43. The summed E-state index contributed by atoms with van der Waals surface area (Å²) in [5.41, 5.74) is 0. The Kier molecular flexibility index (Phi) is 9.20. The van der Waals surface area contributed by atoms with Crippen LogP contribution in [0.5, 0.6) is 0 Å². The van der Waals surface area contributed by atoms with E-state index in [9.17, 15) is 4.79 Å². The van der Waals surface area contributed by atoms with E-state index in [4.69, 9.17) is 18.0 Å². The second-order valence-electron chi connectivity index (χ2n) is 4.10. The van der Waals surface area contributed by atoms with Crippen LogP contribution in [0.2, 0.25) is 0 Å². The van der Waals surface area contributed by atoms with Crippen LogP contribution in [0.15, 0.2) is 0 Å². The van der Waals surface area contributed by atoms with Crippen molar-refractivity contribution < 1.29 is 22.8 Å². The minimum atomic E-state index is -2.76. The molecule has 0 rings (SSSR count). The van der Waals surface area contributed by atoms with Crippen LogP contribution in [-0.2, 0) is 22.8 Å². The van der Waals surface area contributed by atoms with Crippen LogP contribution in [0.25, 0.3) is 0 Å². The molecule has 19 heavy (non-hydrogen) atoms. The van der Waals surface area contributed by atoms with Crippen molar-refractivity contribution in [2.24, 2.45) is 0 Å². The van der Waals surface area contributed by atoms with Gasteiger partial charge in [-0.25, -0.2) is 0 Å². The highest BCUT2D eigenvalue weighted by Crippen LogP contribution is 2.13. The molecule has 6 nitrogen and oxygen atoms in total. The van der Waals surface area contributed by atoms with Crippen LogP contribution < -0.4 is 0 Å². The molecule has 0 fully saturated rings. The van der Waals surface area contributed by atoms with Crippen molar-refractivity contribution in [1.82, 2.24) is 4.90 Å². The summed E-state index contributed by atoms with van der Waals surface area (Å²) in [5.74, 6) is -0.283. The van der Waals surface area contributed by atoms with E-state index in [0.717, 1.165) is 0 Å². The molecule has 114 valence electrons. The molecule has 0 aliphatic rings. The Morgan fingerprint density at radius 2 is 1.53 bits per heavy atom. The average Bonchev–Trinajstić information content (AvgIpc) is 2.37. The van der Waals surface area contributed by atoms with Crippen molar-refractivity contribution in [3.8, 4) is 0 Å². The zero-order valence-electron chi connectivity index (χ0n) is 12.9. The molecule has 0 bridgehead atoms. The number of rotatable bonds is 10. The van der Waals surface area contributed by atoms with Gasteiger partial charge in [0.25, 0.3) is 0 Å². The molecule has 0 amide bonds. The third-order valence-electron chi connectivity index (χ3n) is 2.74. The molecule has 0 radical (unpaired) electrons. The van der Waals surface area contributed by atoms with E-state index < -0.39 is 8.80 Å². The second-order valence-corrected chi connectivity index (χ2v) is 6.64. The first-order valence-electron chi connectivity index (χ1n) is 6.66. The van der Waals surface area contributed by atoms with Gasteiger partial charge in [0, 0.05) is 19.8 Å². The molecule has 0 aliphatic heterocycles. The fraction of sp³-hybridized carbons (Fsp3) is 0.917. The van der Waals surface area contributed by atoms with Gasteiger partial charge < -0.3 is 18.0 Å². The topological polar surface area (TPSA) is 57.2 Å². The van der Waals surface area contributed by atoms with Gasteiger partial charge in [0.2, 0.25) is 0 Å². The molecular formula is C12H27NO5Si. The Bertz CT molecular complexity index is 247. The summed E-state index contributed by atoms with van der Waals surface area (Å²) in [7, 11) is 0.452. The largest absolute Gasteiger partial charge is 0.515 e. The molecule has 0 heterocycles. The predicted octanol–water partition coefficient (Wildman–Crippen LogP) is 1.07. The van der Waals surface area contributed by atoms with Crippen molar-refractivity contribution in [2.75, 3.05) is 40.1 Å². The van der Waals surface area contributed by atoms with Gasteiger partial charge in [-0.15, -0.1) is 0 Å². The molecule has 0 saturated heterocycles. The van der Waals surface area contributed by atoms with E-state index in [-0.39, 0.29) is 12.0 Å². The third-order valence-corrected chi connectivity index (χ3v) is 5.81. The zero-order valence-corrected chi connectivity index (χ0v) is 13.9. The number of nitrogens with zero attached hydrogens (tertiary/aromatic N) is 1. The SMILES string of the molecule is CCO[Si](CN(C)C(C)C(=O)OC)(OCC)OCC. The molecule has 1 atom stereocenters. The molecule has 0 aromatic rings. The maximum Gasteiger partial charge on any atom is 0.515 e. The Labute approximate surface area is 117 Å². The molecule has 0 spiro atoms. The van der Waals surface area contributed by atoms with Crippen molar-refractivity contribution in [1.29, 1.82) is 0 Å². The fourth-order valence-electron chi connectivity index (χ4n) is 1.71. The van der Waals surface area contributed by atoms with Gasteiger partial charge in [0.15, 0.2) is 0 Å². The first-order chi connectivity index (χ1) is 8.96. The highest BCUT2D eigenvalue weighted by Gasteiger charge is 2.43. The van der Waals surface area contributed by atoms with Gasteiger partial charge in [-0.05, 0) is 34.7 Å².